The molecule has 0 fully saturated rings. The molecule has 1 aromatic carbocycles. The van der Waals surface area contributed by atoms with Gasteiger partial charge in [0.25, 0.3) is 0 Å². The summed E-state index contributed by atoms with van der Waals surface area (Å²) < 4.78 is 2.16. The lowest BCUT2D eigenvalue weighted by Gasteiger charge is -2.09. The fourth-order valence-electron chi connectivity index (χ4n) is 2.44. The number of fused-ring (bicyclic) bond motifs is 1. The molecular formula is C15H17N3OS. The van der Waals surface area contributed by atoms with Crippen molar-refractivity contribution >= 4 is 22.4 Å². The second-order valence-electron chi connectivity index (χ2n) is 4.76. The lowest BCUT2D eigenvalue weighted by atomic mass is 10.2. The van der Waals surface area contributed by atoms with Gasteiger partial charge in [0.2, 0.25) is 0 Å². The number of rotatable bonds is 4. The molecule has 0 radical (unpaired) electrons. The summed E-state index contributed by atoms with van der Waals surface area (Å²) in [5, 5.41) is 11.3. The van der Waals surface area contributed by atoms with Gasteiger partial charge in [-0.25, -0.2) is 9.97 Å². The third-order valence-electron chi connectivity index (χ3n) is 3.39. The molecular weight excluding hydrogens is 270 g/mol. The minimum atomic E-state index is -0.539. The average molecular weight is 287 g/mol. The van der Waals surface area contributed by atoms with Crippen LogP contribution in [0.5, 0.6) is 0 Å². The quantitative estimate of drug-likeness (QED) is 0.802. The first kappa shape index (κ1) is 13.3. The maximum Gasteiger partial charge on any atom is 0.112 e. The number of aromatic nitrogens is 3. The van der Waals surface area contributed by atoms with Crippen molar-refractivity contribution in [2.24, 2.45) is 0 Å². The number of imidazole rings is 1. The molecule has 1 unspecified atom stereocenters. The second kappa shape index (κ2) is 5.34. The van der Waals surface area contributed by atoms with Gasteiger partial charge in [-0.15, -0.1) is 11.3 Å². The van der Waals surface area contributed by atoms with Crippen molar-refractivity contribution < 1.29 is 5.11 Å². The van der Waals surface area contributed by atoms with Crippen molar-refractivity contribution in [1.82, 2.24) is 14.5 Å². The molecule has 3 aromatic rings. The van der Waals surface area contributed by atoms with E-state index in [9.17, 15) is 5.11 Å². The summed E-state index contributed by atoms with van der Waals surface area (Å²) in [4.78, 5) is 9.74. The molecule has 0 spiro atoms. The molecule has 0 aliphatic carbocycles. The molecule has 2 aromatic heterocycles. The lowest BCUT2D eigenvalue weighted by molar-refractivity contribution is 0.178. The number of thiazole rings is 1. The van der Waals surface area contributed by atoms with Gasteiger partial charge in [0.15, 0.2) is 0 Å². The van der Waals surface area contributed by atoms with E-state index in [1.165, 1.54) is 11.3 Å². The van der Waals surface area contributed by atoms with E-state index in [0.29, 0.717) is 6.42 Å². The first-order valence-electron chi connectivity index (χ1n) is 6.73. The van der Waals surface area contributed by atoms with Crippen LogP contribution in [-0.4, -0.2) is 19.6 Å². The average Bonchev–Trinajstić information content (AvgIpc) is 3.01. The molecule has 0 bridgehead atoms. The van der Waals surface area contributed by atoms with Crippen molar-refractivity contribution in [3.63, 3.8) is 0 Å². The van der Waals surface area contributed by atoms with Crippen molar-refractivity contribution in [2.75, 3.05) is 0 Å². The number of aryl methyl sites for hydroxylation is 2. The maximum atomic E-state index is 10.3. The molecule has 104 valence electrons. The fourth-order valence-corrected chi connectivity index (χ4v) is 3.21. The summed E-state index contributed by atoms with van der Waals surface area (Å²) in [6.45, 7) is 4.90. The minimum absolute atomic E-state index is 0.518. The highest BCUT2D eigenvalue weighted by atomic mass is 32.1. The van der Waals surface area contributed by atoms with Gasteiger partial charge in [0, 0.05) is 19.2 Å². The van der Waals surface area contributed by atoms with E-state index in [1.807, 2.05) is 25.1 Å². The highest BCUT2D eigenvalue weighted by Gasteiger charge is 2.16. The Hall–Kier alpha value is -1.72. The number of benzene rings is 1. The Labute approximate surface area is 121 Å². The number of nitrogens with zero attached hydrogens (tertiary/aromatic N) is 3. The van der Waals surface area contributed by atoms with Gasteiger partial charge in [-0.3, -0.25) is 0 Å². The number of aliphatic hydroxyl groups excluding tert-OH is 1. The molecule has 20 heavy (non-hydrogen) atoms. The van der Waals surface area contributed by atoms with Gasteiger partial charge >= 0.3 is 0 Å². The molecule has 3 rings (SSSR count). The van der Waals surface area contributed by atoms with Crippen LogP contribution in [0.2, 0.25) is 0 Å². The summed E-state index contributed by atoms with van der Waals surface area (Å²) in [5.74, 6) is 0.923. The van der Waals surface area contributed by atoms with Crippen LogP contribution in [0.25, 0.3) is 11.0 Å². The molecule has 4 nitrogen and oxygen atoms in total. The normalized spacial score (nSPS) is 12.9. The minimum Gasteiger partial charge on any atom is -0.387 e. The second-order valence-corrected chi connectivity index (χ2v) is 6.03. The standard InChI is InChI=1S/C15H17N3OS/c1-3-18-12-7-5-4-6-11(12)17-15(18)8-13(19)14-9-16-10(2)20-14/h4-7,9,13,19H,3,8H2,1-2H3. The summed E-state index contributed by atoms with van der Waals surface area (Å²) in [7, 11) is 0. The smallest absolute Gasteiger partial charge is 0.112 e. The predicted octanol–water partition coefficient (Wildman–Crippen LogP) is 3.10. The zero-order valence-electron chi connectivity index (χ0n) is 11.6. The van der Waals surface area contributed by atoms with Gasteiger partial charge in [-0.1, -0.05) is 12.1 Å². The van der Waals surface area contributed by atoms with Crippen molar-refractivity contribution in [3.05, 3.63) is 46.2 Å². The first-order chi connectivity index (χ1) is 9.69. The van der Waals surface area contributed by atoms with E-state index in [1.54, 1.807) is 6.20 Å². The van der Waals surface area contributed by atoms with E-state index >= 15 is 0 Å². The van der Waals surface area contributed by atoms with Crippen LogP contribution in [0.15, 0.2) is 30.5 Å². The zero-order chi connectivity index (χ0) is 14.1. The topological polar surface area (TPSA) is 50.9 Å². The van der Waals surface area contributed by atoms with Crippen LogP contribution in [0.4, 0.5) is 0 Å². The SMILES string of the molecule is CCn1c(CC(O)c2cnc(C)s2)nc2ccccc21. The summed E-state index contributed by atoms with van der Waals surface area (Å²) in [6.07, 6.45) is 1.73. The van der Waals surface area contributed by atoms with Crippen molar-refractivity contribution in [1.29, 1.82) is 0 Å². The maximum absolute atomic E-state index is 10.3. The third-order valence-corrected chi connectivity index (χ3v) is 4.41. The van der Waals surface area contributed by atoms with E-state index in [0.717, 1.165) is 33.3 Å². The van der Waals surface area contributed by atoms with Crippen LogP contribution in [0.1, 0.15) is 28.7 Å². The van der Waals surface area contributed by atoms with Crippen LogP contribution in [0, 0.1) is 6.92 Å². The molecule has 5 heteroatoms. The zero-order valence-corrected chi connectivity index (χ0v) is 12.4. The Balaban J connectivity index is 1.94. The highest BCUT2D eigenvalue weighted by Crippen LogP contribution is 2.25. The molecule has 0 saturated heterocycles. The monoisotopic (exact) mass is 287 g/mol. The first-order valence-corrected chi connectivity index (χ1v) is 7.55. The van der Waals surface area contributed by atoms with E-state index in [2.05, 4.69) is 27.5 Å². The molecule has 2 heterocycles. The largest absolute Gasteiger partial charge is 0.387 e. The Morgan fingerprint density at radius 1 is 1.35 bits per heavy atom. The third kappa shape index (κ3) is 2.34. The highest BCUT2D eigenvalue weighted by molar-refractivity contribution is 7.11. The van der Waals surface area contributed by atoms with E-state index in [4.69, 9.17) is 0 Å². The van der Waals surface area contributed by atoms with Gasteiger partial charge < -0.3 is 9.67 Å². The van der Waals surface area contributed by atoms with Gasteiger partial charge in [0.05, 0.1) is 27.0 Å². The van der Waals surface area contributed by atoms with Crippen LogP contribution in [0.3, 0.4) is 0 Å². The molecule has 1 atom stereocenters. The molecule has 0 saturated carbocycles. The van der Waals surface area contributed by atoms with E-state index < -0.39 is 6.10 Å². The Morgan fingerprint density at radius 3 is 2.85 bits per heavy atom. The Bertz CT molecular complexity index is 732. The number of aliphatic hydroxyl groups is 1. The summed E-state index contributed by atoms with van der Waals surface area (Å²) in [6, 6.07) is 8.08. The molecule has 1 N–H and O–H groups in total. The fraction of sp³-hybridized carbons (Fsp3) is 0.333. The van der Waals surface area contributed by atoms with Crippen molar-refractivity contribution in [2.45, 2.75) is 32.9 Å². The number of para-hydroxylation sites is 2. The van der Waals surface area contributed by atoms with Gasteiger partial charge in [-0.05, 0) is 26.0 Å². The van der Waals surface area contributed by atoms with E-state index in [-0.39, 0.29) is 0 Å². The summed E-state index contributed by atoms with van der Waals surface area (Å²) >= 11 is 1.54. The molecule has 0 aliphatic heterocycles. The van der Waals surface area contributed by atoms with Crippen LogP contribution < -0.4 is 0 Å². The number of hydrogen-bond donors (Lipinski definition) is 1. The number of hydrogen-bond acceptors (Lipinski definition) is 4. The van der Waals surface area contributed by atoms with Crippen LogP contribution in [-0.2, 0) is 13.0 Å². The van der Waals surface area contributed by atoms with Gasteiger partial charge in [0.1, 0.15) is 5.82 Å². The lowest BCUT2D eigenvalue weighted by Crippen LogP contribution is -2.07. The predicted molar refractivity (Wildman–Crippen MR) is 80.9 cm³/mol. The molecule has 0 aliphatic rings. The van der Waals surface area contributed by atoms with Gasteiger partial charge in [-0.2, -0.15) is 0 Å². The summed E-state index contributed by atoms with van der Waals surface area (Å²) in [5.41, 5.74) is 2.11. The van der Waals surface area contributed by atoms with Crippen LogP contribution >= 0.6 is 11.3 Å². The van der Waals surface area contributed by atoms with Crippen molar-refractivity contribution in [3.8, 4) is 0 Å². The Morgan fingerprint density at radius 2 is 2.15 bits per heavy atom. The molecule has 0 amide bonds. The Kier molecular flexibility index (Phi) is 3.54.